The lowest BCUT2D eigenvalue weighted by molar-refractivity contribution is -0.142. The third-order valence-electron chi connectivity index (χ3n) is 4.69. The zero-order valence-electron chi connectivity index (χ0n) is 17.2. The summed E-state index contributed by atoms with van der Waals surface area (Å²) in [6.45, 7) is 6.48. The van der Waals surface area contributed by atoms with E-state index < -0.39 is 18.5 Å². The first-order valence-corrected chi connectivity index (χ1v) is 9.58. The van der Waals surface area contributed by atoms with Gasteiger partial charge in [0.1, 0.15) is 11.6 Å². The van der Waals surface area contributed by atoms with Gasteiger partial charge in [-0.05, 0) is 50.1 Å². The number of rotatable bonds is 7. The number of nitrogens with zero attached hydrogens (tertiary/aromatic N) is 2. The Labute approximate surface area is 174 Å². The van der Waals surface area contributed by atoms with Gasteiger partial charge in [-0.15, -0.1) is 0 Å². The Kier molecular flexibility index (Phi) is 6.42. The molecule has 30 heavy (non-hydrogen) atoms. The molecule has 1 aromatic heterocycles. The zero-order valence-corrected chi connectivity index (χ0v) is 17.2. The molecular formula is C22H23N3O5. The molecular weight excluding hydrogens is 386 g/mol. The van der Waals surface area contributed by atoms with Gasteiger partial charge in [-0.3, -0.25) is 4.79 Å². The van der Waals surface area contributed by atoms with E-state index in [1.807, 2.05) is 26.0 Å². The lowest BCUT2D eigenvalue weighted by Gasteiger charge is -2.08. The molecule has 0 radical (unpaired) electrons. The molecule has 3 rings (SSSR count). The first-order chi connectivity index (χ1) is 14.4. The number of aromatic nitrogens is 1. The molecule has 0 atom stereocenters. The van der Waals surface area contributed by atoms with Crippen molar-refractivity contribution in [1.29, 1.82) is 5.26 Å². The smallest absolute Gasteiger partial charge is 0.349 e. The molecule has 1 N–H and O–H groups in total. The Bertz CT molecular complexity index is 1050. The van der Waals surface area contributed by atoms with Gasteiger partial charge in [0.15, 0.2) is 18.1 Å². The molecule has 8 heteroatoms. The number of ether oxygens (including phenoxy) is 3. The summed E-state index contributed by atoms with van der Waals surface area (Å²) < 4.78 is 17.6. The van der Waals surface area contributed by atoms with E-state index in [2.05, 4.69) is 16.8 Å². The number of carbonyl (C=O) groups excluding carboxylic acids is 2. The van der Waals surface area contributed by atoms with Gasteiger partial charge < -0.3 is 24.1 Å². The highest BCUT2D eigenvalue weighted by Crippen LogP contribution is 2.34. The van der Waals surface area contributed by atoms with Crippen LogP contribution < -0.4 is 14.8 Å². The van der Waals surface area contributed by atoms with Gasteiger partial charge in [0, 0.05) is 29.7 Å². The predicted octanol–water partition coefficient (Wildman–Crippen LogP) is 3.33. The standard InChI is InChI=1S/C22H23N3O5/c1-4-7-25-14(2)8-16(15(25)3)9-17(11-23)22(27)28-12-21(26)24-18-5-6-19-20(10-18)30-13-29-19/h5-6,8-10H,4,7,12-13H2,1-3H3,(H,24,26). The Morgan fingerprint density at radius 3 is 2.77 bits per heavy atom. The van der Waals surface area contributed by atoms with Crippen LogP contribution in [0.2, 0.25) is 0 Å². The van der Waals surface area contributed by atoms with Crippen LogP contribution in [0, 0.1) is 25.2 Å². The van der Waals surface area contributed by atoms with Crippen molar-refractivity contribution < 1.29 is 23.8 Å². The van der Waals surface area contributed by atoms with Crippen LogP contribution in [-0.4, -0.2) is 29.8 Å². The van der Waals surface area contributed by atoms with E-state index in [4.69, 9.17) is 14.2 Å². The summed E-state index contributed by atoms with van der Waals surface area (Å²) in [5, 5.41) is 12.0. The summed E-state index contributed by atoms with van der Waals surface area (Å²) in [7, 11) is 0. The van der Waals surface area contributed by atoms with Crippen LogP contribution in [0.25, 0.3) is 6.08 Å². The van der Waals surface area contributed by atoms with Gasteiger partial charge in [-0.1, -0.05) is 6.92 Å². The minimum Gasteiger partial charge on any atom is -0.454 e. The summed E-state index contributed by atoms with van der Waals surface area (Å²) in [4.78, 5) is 24.4. The van der Waals surface area contributed by atoms with E-state index in [-0.39, 0.29) is 12.4 Å². The molecule has 2 heterocycles. The van der Waals surface area contributed by atoms with Gasteiger partial charge in [0.25, 0.3) is 5.91 Å². The maximum atomic E-state index is 12.3. The first kappa shape index (κ1) is 21.0. The van der Waals surface area contributed by atoms with E-state index in [0.29, 0.717) is 17.2 Å². The van der Waals surface area contributed by atoms with Crippen molar-refractivity contribution in [1.82, 2.24) is 4.57 Å². The lowest BCUT2D eigenvalue weighted by atomic mass is 10.1. The summed E-state index contributed by atoms with van der Waals surface area (Å²) >= 11 is 0. The quantitative estimate of drug-likeness (QED) is 0.427. The van der Waals surface area contributed by atoms with Crippen LogP contribution in [0.3, 0.4) is 0 Å². The molecule has 156 valence electrons. The number of esters is 1. The van der Waals surface area contributed by atoms with Crippen LogP contribution in [0.1, 0.15) is 30.3 Å². The number of benzene rings is 1. The molecule has 2 aromatic rings. The SMILES string of the molecule is CCCn1c(C)cc(C=C(C#N)C(=O)OCC(=O)Nc2ccc3c(c2)OCO3)c1C. The van der Waals surface area contributed by atoms with Crippen LogP contribution in [0.15, 0.2) is 29.8 Å². The topological polar surface area (TPSA) is 103 Å². The number of fused-ring (bicyclic) bond motifs is 1. The van der Waals surface area contributed by atoms with Crippen molar-refractivity contribution in [2.24, 2.45) is 0 Å². The third kappa shape index (κ3) is 4.63. The molecule has 0 aliphatic carbocycles. The van der Waals surface area contributed by atoms with Crippen molar-refractivity contribution >= 4 is 23.6 Å². The van der Waals surface area contributed by atoms with Gasteiger partial charge in [0.2, 0.25) is 6.79 Å². The molecule has 1 aliphatic rings. The van der Waals surface area contributed by atoms with Crippen molar-refractivity contribution in [3.63, 3.8) is 0 Å². The van der Waals surface area contributed by atoms with Crippen molar-refractivity contribution in [3.05, 3.63) is 46.8 Å². The average Bonchev–Trinajstić information content (AvgIpc) is 3.29. The van der Waals surface area contributed by atoms with Crippen LogP contribution in [-0.2, 0) is 20.9 Å². The predicted molar refractivity (Wildman–Crippen MR) is 110 cm³/mol. The molecule has 0 fully saturated rings. The Morgan fingerprint density at radius 1 is 1.27 bits per heavy atom. The lowest BCUT2D eigenvalue weighted by Crippen LogP contribution is -2.21. The summed E-state index contributed by atoms with van der Waals surface area (Å²) in [5.74, 6) is -0.249. The molecule has 0 bridgehead atoms. The van der Waals surface area contributed by atoms with Crippen molar-refractivity contribution in [3.8, 4) is 17.6 Å². The fraction of sp³-hybridized carbons (Fsp3) is 0.318. The van der Waals surface area contributed by atoms with E-state index in [9.17, 15) is 14.9 Å². The van der Waals surface area contributed by atoms with Crippen LogP contribution in [0.5, 0.6) is 11.5 Å². The van der Waals surface area contributed by atoms with Gasteiger partial charge >= 0.3 is 5.97 Å². The third-order valence-corrected chi connectivity index (χ3v) is 4.69. The summed E-state index contributed by atoms with van der Waals surface area (Å²) in [5.41, 5.74) is 3.12. The second-order valence-electron chi connectivity index (χ2n) is 6.84. The Hall–Kier alpha value is -3.73. The second-order valence-corrected chi connectivity index (χ2v) is 6.84. The highest BCUT2D eigenvalue weighted by Gasteiger charge is 2.17. The minimum atomic E-state index is -0.848. The number of nitriles is 1. The number of hydrogen-bond donors (Lipinski definition) is 1. The molecule has 0 unspecified atom stereocenters. The average molecular weight is 409 g/mol. The van der Waals surface area contributed by atoms with Gasteiger partial charge in [-0.25, -0.2) is 4.79 Å². The van der Waals surface area contributed by atoms with E-state index in [1.54, 1.807) is 18.2 Å². The number of amides is 1. The highest BCUT2D eigenvalue weighted by molar-refractivity contribution is 6.00. The van der Waals surface area contributed by atoms with Crippen LogP contribution >= 0.6 is 0 Å². The molecule has 0 spiro atoms. The fourth-order valence-electron chi connectivity index (χ4n) is 3.21. The number of anilines is 1. The second kappa shape index (κ2) is 9.18. The van der Waals surface area contributed by atoms with Crippen molar-refractivity contribution in [2.75, 3.05) is 18.7 Å². The Morgan fingerprint density at radius 2 is 2.03 bits per heavy atom. The zero-order chi connectivity index (χ0) is 21.7. The monoisotopic (exact) mass is 409 g/mol. The molecule has 1 aliphatic heterocycles. The molecule has 0 saturated carbocycles. The number of aryl methyl sites for hydroxylation is 1. The minimum absolute atomic E-state index is 0.133. The molecule has 1 aromatic carbocycles. The van der Waals surface area contributed by atoms with E-state index in [1.165, 1.54) is 6.08 Å². The molecule has 0 saturated heterocycles. The summed E-state index contributed by atoms with van der Waals surface area (Å²) in [6.07, 6.45) is 2.47. The number of carbonyl (C=O) groups is 2. The van der Waals surface area contributed by atoms with E-state index in [0.717, 1.165) is 29.9 Å². The normalized spacial score (nSPS) is 12.4. The number of hydrogen-bond acceptors (Lipinski definition) is 6. The maximum absolute atomic E-state index is 12.3. The molecule has 1 amide bonds. The van der Waals surface area contributed by atoms with Crippen molar-refractivity contribution in [2.45, 2.75) is 33.7 Å². The van der Waals surface area contributed by atoms with Gasteiger partial charge in [-0.2, -0.15) is 5.26 Å². The summed E-state index contributed by atoms with van der Waals surface area (Å²) in [6, 6.07) is 8.72. The molecule has 8 nitrogen and oxygen atoms in total. The maximum Gasteiger partial charge on any atom is 0.349 e. The highest BCUT2D eigenvalue weighted by atomic mass is 16.7. The van der Waals surface area contributed by atoms with Gasteiger partial charge in [0.05, 0.1) is 0 Å². The first-order valence-electron chi connectivity index (χ1n) is 9.58. The Balaban J connectivity index is 1.61. The fourth-order valence-corrected chi connectivity index (χ4v) is 3.21. The van der Waals surface area contributed by atoms with Crippen LogP contribution in [0.4, 0.5) is 5.69 Å². The van der Waals surface area contributed by atoms with E-state index >= 15 is 0 Å². The largest absolute Gasteiger partial charge is 0.454 e. The number of nitrogens with one attached hydrogen (secondary N) is 1.